The molecule has 2 N–H and O–H groups in total. The van der Waals surface area contributed by atoms with E-state index in [-0.39, 0.29) is 17.8 Å². The first-order chi connectivity index (χ1) is 14.0. The number of pyridine rings is 1. The summed E-state index contributed by atoms with van der Waals surface area (Å²) in [5, 5.41) is 0. The summed E-state index contributed by atoms with van der Waals surface area (Å²) in [6.07, 6.45) is 1.18. The van der Waals surface area contributed by atoms with Gasteiger partial charge in [0, 0.05) is 18.1 Å². The molecule has 1 fully saturated rings. The molecule has 0 saturated heterocycles. The Morgan fingerprint density at radius 1 is 1.17 bits per heavy atom. The van der Waals surface area contributed by atoms with Gasteiger partial charge in [0.2, 0.25) is 0 Å². The van der Waals surface area contributed by atoms with Gasteiger partial charge in [-0.3, -0.25) is 9.79 Å². The zero-order chi connectivity index (χ0) is 21.9. The summed E-state index contributed by atoms with van der Waals surface area (Å²) in [6, 6.07) is 4.30. The van der Waals surface area contributed by atoms with Crippen LogP contribution >= 0.6 is 0 Å². The second kappa shape index (κ2) is 6.63. The van der Waals surface area contributed by atoms with Crippen LogP contribution in [0.5, 0.6) is 0 Å². The Labute approximate surface area is 170 Å². The van der Waals surface area contributed by atoms with Gasteiger partial charge >= 0.3 is 0 Å². The average Bonchev–Trinajstić information content (AvgIpc) is 3.44. The molecular formula is C20H18F3N3O3S. The highest BCUT2D eigenvalue weighted by molar-refractivity contribution is 7.94. The maximum atomic E-state index is 14.7. The van der Waals surface area contributed by atoms with Crippen molar-refractivity contribution in [3.8, 4) is 0 Å². The second-order valence-electron chi connectivity index (χ2n) is 7.92. The quantitative estimate of drug-likeness (QED) is 0.741. The number of benzene rings is 1. The van der Waals surface area contributed by atoms with Crippen molar-refractivity contribution >= 4 is 21.5 Å². The molecule has 0 radical (unpaired) electrons. The molecule has 1 spiro atoms. The van der Waals surface area contributed by atoms with Crippen LogP contribution < -0.4 is 5.73 Å². The summed E-state index contributed by atoms with van der Waals surface area (Å²) in [4.78, 5) is 20.2. The molecule has 10 heteroatoms. The van der Waals surface area contributed by atoms with E-state index in [4.69, 9.17) is 5.73 Å². The maximum Gasteiger partial charge on any atom is 0.188 e. The van der Waals surface area contributed by atoms with Crippen LogP contribution in [0.1, 0.15) is 41.4 Å². The summed E-state index contributed by atoms with van der Waals surface area (Å²) in [5.41, 5.74) is 4.24. The van der Waals surface area contributed by atoms with Crippen molar-refractivity contribution in [2.45, 2.75) is 36.5 Å². The third-order valence-electron chi connectivity index (χ3n) is 5.65. The number of hydrogen-bond acceptors (Lipinski definition) is 6. The molecule has 0 bridgehead atoms. The van der Waals surface area contributed by atoms with Crippen LogP contribution in [0.4, 0.5) is 13.2 Å². The second-order valence-corrected chi connectivity index (χ2v) is 10.2. The average molecular weight is 437 g/mol. The molecular weight excluding hydrogens is 419 g/mol. The lowest BCUT2D eigenvalue weighted by Crippen LogP contribution is -2.50. The van der Waals surface area contributed by atoms with Crippen molar-refractivity contribution < 1.29 is 26.4 Å². The number of rotatable bonds is 4. The van der Waals surface area contributed by atoms with E-state index >= 15 is 0 Å². The highest BCUT2D eigenvalue weighted by Crippen LogP contribution is 2.50. The molecule has 158 valence electrons. The van der Waals surface area contributed by atoms with Crippen LogP contribution in [0.15, 0.2) is 35.5 Å². The van der Waals surface area contributed by atoms with Gasteiger partial charge in [0.05, 0.1) is 11.9 Å². The smallest absolute Gasteiger partial charge is 0.188 e. The van der Waals surface area contributed by atoms with E-state index in [0.29, 0.717) is 24.5 Å². The Balaban J connectivity index is 1.69. The summed E-state index contributed by atoms with van der Waals surface area (Å²) in [7, 11) is -3.64. The number of amidine groups is 1. The normalized spacial score (nSPS) is 23.8. The van der Waals surface area contributed by atoms with Crippen LogP contribution in [0.25, 0.3) is 0 Å². The van der Waals surface area contributed by atoms with Gasteiger partial charge in [-0.1, -0.05) is 6.07 Å². The topological polar surface area (TPSA) is 102 Å². The summed E-state index contributed by atoms with van der Waals surface area (Å²) in [6.45, 7) is 1.47. The summed E-state index contributed by atoms with van der Waals surface area (Å²) in [5.74, 6) is -3.88. The van der Waals surface area contributed by atoms with Crippen LogP contribution in [0.3, 0.4) is 0 Å². The zero-order valence-electron chi connectivity index (χ0n) is 16.0. The van der Waals surface area contributed by atoms with Gasteiger partial charge in [-0.05, 0) is 37.5 Å². The van der Waals surface area contributed by atoms with Gasteiger partial charge in [-0.15, -0.1) is 0 Å². The Bertz CT molecular complexity index is 1210. The molecule has 1 atom stereocenters. The monoisotopic (exact) mass is 437 g/mol. The third-order valence-corrected chi connectivity index (χ3v) is 8.40. The van der Waals surface area contributed by atoms with Crippen molar-refractivity contribution in [1.82, 2.24) is 4.98 Å². The van der Waals surface area contributed by atoms with E-state index < -0.39 is 54.8 Å². The number of nitrogens with two attached hydrogens (primary N) is 1. The zero-order valence-corrected chi connectivity index (χ0v) is 16.8. The van der Waals surface area contributed by atoms with Crippen molar-refractivity contribution in [3.05, 3.63) is 64.7 Å². The number of aliphatic imine (C=N–C) groups is 1. The van der Waals surface area contributed by atoms with Gasteiger partial charge in [0.15, 0.2) is 21.4 Å². The van der Waals surface area contributed by atoms with Crippen LogP contribution in [0, 0.1) is 17.5 Å². The van der Waals surface area contributed by atoms with Crippen LogP contribution in [-0.2, 0) is 21.8 Å². The first-order valence-corrected chi connectivity index (χ1v) is 10.8. The van der Waals surface area contributed by atoms with Crippen molar-refractivity contribution in [3.63, 3.8) is 0 Å². The molecule has 2 heterocycles. The lowest BCUT2D eigenvalue weighted by atomic mass is 9.91. The van der Waals surface area contributed by atoms with E-state index in [9.17, 15) is 26.4 Å². The summed E-state index contributed by atoms with van der Waals surface area (Å²) < 4.78 is 65.9. The van der Waals surface area contributed by atoms with E-state index in [1.165, 1.54) is 19.1 Å². The van der Waals surface area contributed by atoms with Crippen LogP contribution in [0.2, 0.25) is 0 Å². The van der Waals surface area contributed by atoms with E-state index in [1.54, 1.807) is 0 Å². The van der Waals surface area contributed by atoms with Crippen molar-refractivity contribution in [1.29, 1.82) is 0 Å². The number of nitrogens with zero attached hydrogens (tertiary/aromatic N) is 2. The van der Waals surface area contributed by atoms with E-state index in [0.717, 1.165) is 12.3 Å². The Kier molecular flexibility index (Phi) is 4.53. The molecule has 4 rings (SSSR count). The molecule has 0 amide bonds. The lowest BCUT2D eigenvalue weighted by molar-refractivity contribution is 0.0983. The molecule has 30 heavy (non-hydrogen) atoms. The predicted molar refractivity (Wildman–Crippen MR) is 103 cm³/mol. The molecule has 1 saturated carbocycles. The highest BCUT2D eigenvalue weighted by atomic mass is 32.2. The van der Waals surface area contributed by atoms with Gasteiger partial charge in [-0.2, -0.15) is 0 Å². The fraction of sp³-hybridized carbons (Fsp3) is 0.350. The first kappa shape index (κ1) is 20.5. The SMILES string of the molecule is C[C@@]1(c2cc(CC(=O)c3ncc(F)cc3F)ccc2F)CS(=O)(=O)C2(CC2)C(N)=N1. The molecule has 2 aromatic rings. The van der Waals surface area contributed by atoms with Crippen molar-refractivity contribution in [2.24, 2.45) is 10.7 Å². The molecule has 0 unspecified atom stereocenters. The number of sulfone groups is 1. The molecule has 6 nitrogen and oxygen atoms in total. The van der Waals surface area contributed by atoms with Gasteiger partial charge in [0.1, 0.15) is 33.4 Å². The largest absolute Gasteiger partial charge is 0.386 e. The minimum atomic E-state index is -3.64. The standard InChI is InChI=1S/C20H18F3N3O3S/c1-19(10-30(28,29)20(4-5-20)18(24)26-19)13-6-11(2-3-14(13)22)7-16(27)17-15(23)8-12(21)9-25-17/h2-3,6,8-9H,4-5,7,10H2,1H3,(H2,24,26)/t19-/m0/s1. The minimum absolute atomic E-state index is 0.0256. The molecule has 1 aromatic carbocycles. The number of hydrogen-bond donors (Lipinski definition) is 1. The van der Waals surface area contributed by atoms with E-state index in [2.05, 4.69) is 9.98 Å². The lowest BCUT2D eigenvalue weighted by Gasteiger charge is -2.34. The number of halogens is 3. The minimum Gasteiger partial charge on any atom is -0.386 e. The predicted octanol–water partition coefficient (Wildman–Crippen LogP) is 2.46. The Hall–Kier alpha value is -2.75. The fourth-order valence-electron chi connectivity index (χ4n) is 3.87. The number of carbonyl (C=O) groups excluding carboxylic acids is 1. The third kappa shape index (κ3) is 3.19. The molecule has 1 aliphatic carbocycles. The van der Waals surface area contributed by atoms with Gasteiger partial charge in [0.25, 0.3) is 0 Å². The molecule has 2 aliphatic rings. The highest BCUT2D eigenvalue weighted by Gasteiger charge is 2.62. The summed E-state index contributed by atoms with van der Waals surface area (Å²) >= 11 is 0. The molecule has 1 aromatic heterocycles. The maximum absolute atomic E-state index is 14.7. The number of Topliss-reactive ketones (excluding diaryl/α,β-unsaturated/α-hetero) is 1. The molecule has 1 aliphatic heterocycles. The number of carbonyl (C=O) groups is 1. The fourth-order valence-corrected chi connectivity index (χ4v) is 6.19. The van der Waals surface area contributed by atoms with E-state index in [1.807, 2.05) is 0 Å². The Morgan fingerprint density at radius 2 is 1.87 bits per heavy atom. The first-order valence-electron chi connectivity index (χ1n) is 9.19. The van der Waals surface area contributed by atoms with Gasteiger partial charge in [-0.25, -0.2) is 26.6 Å². The van der Waals surface area contributed by atoms with Crippen molar-refractivity contribution in [2.75, 3.05) is 5.75 Å². The number of aromatic nitrogens is 1. The van der Waals surface area contributed by atoms with Crippen LogP contribution in [-0.4, -0.2) is 35.5 Å². The Morgan fingerprint density at radius 3 is 2.47 bits per heavy atom. The number of ketones is 1. The van der Waals surface area contributed by atoms with Gasteiger partial charge < -0.3 is 5.73 Å².